The number of benzene rings is 2. The number of hydrogen-bond acceptors (Lipinski definition) is 6. The van der Waals surface area contributed by atoms with E-state index in [2.05, 4.69) is 39.7 Å². The Balaban J connectivity index is 1.67. The molecule has 2 aromatic carbocycles. The molecule has 146 valence electrons. The molecule has 0 bridgehead atoms. The zero-order chi connectivity index (χ0) is 19.9. The average molecular weight is 378 g/mol. The lowest BCUT2D eigenvalue weighted by molar-refractivity contribution is 0.354. The van der Waals surface area contributed by atoms with E-state index in [0.717, 1.165) is 23.7 Å². The number of anilines is 2. The zero-order valence-corrected chi connectivity index (χ0v) is 16.7. The van der Waals surface area contributed by atoms with Crippen molar-refractivity contribution >= 4 is 11.6 Å². The van der Waals surface area contributed by atoms with Crippen molar-refractivity contribution in [3.63, 3.8) is 0 Å². The third-order valence-electron chi connectivity index (χ3n) is 4.48. The van der Waals surface area contributed by atoms with E-state index >= 15 is 0 Å². The summed E-state index contributed by atoms with van der Waals surface area (Å²) in [5.74, 6) is 3.71. The van der Waals surface area contributed by atoms with Gasteiger partial charge in [-0.15, -0.1) is 0 Å². The normalized spacial score (nSPS) is 10.4. The van der Waals surface area contributed by atoms with E-state index in [1.54, 1.807) is 14.2 Å². The number of aromatic nitrogens is 2. The molecule has 3 rings (SSSR count). The summed E-state index contributed by atoms with van der Waals surface area (Å²) in [5.41, 5.74) is 3.58. The van der Waals surface area contributed by atoms with E-state index in [4.69, 9.17) is 9.47 Å². The van der Waals surface area contributed by atoms with Gasteiger partial charge in [0.25, 0.3) is 0 Å². The molecule has 0 aliphatic rings. The Morgan fingerprint density at radius 1 is 0.786 bits per heavy atom. The molecule has 6 nitrogen and oxygen atoms in total. The lowest BCUT2D eigenvalue weighted by Gasteiger charge is -2.12. The largest absolute Gasteiger partial charge is 0.493 e. The van der Waals surface area contributed by atoms with Crippen molar-refractivity contribution in [2.75, 3.05) is 24.9 Å². The second kappa shape index (κ2) is 9.08. The van der Waals surface area contributed by atoms with Crippen molar-refractivity contribution in [3.8, 4) is 11.5 Å². The summed E-state index contributed by atoms with van der Waals surface area (Å²) in [7, 11) is 3.26. The summed E-state index contributed by atoms with van der Waals surface area (Å²) in [4.78, 5) is 8.96. The van der Waals surface area contributed by atoms with E-state index in [1.165, 1.54) is 11.1 Å². The SMILES string of the molecule is COc1ccc(CNc2cc(NCc3ccccc3C)nc(C)n2)cc1OC. The first-order chi connectivity index (χ1) is 13.6. The highest BCUT2D eigenvalue weighted by Gasteiger charge is 2.06. The van der Waals surface area contributed by atoms with Crippen molar-refractivity contribution in [3.05, 3.63) is 71.0 Å². The Morgan fingerprint density at radius 3 is 2.14 bits per heavy atom. The van der Waals surface area contributed by atoms with E-state index in [0.29, 0.717) is 23.9 Å². The standard InChI is InChI=1S/C22H26N4O2/c1-15-7-5-6-8-18(15)14-24-22-12-21(25-16(2)26-22)23-13-17-9-10-19(27-3)20(11-17)28-4/h5-12H,13-14H2,1-4H3,(H2,23,24,25,26). The number of aryl methyl sites for hydroxylation is 2. The van der Waals surface area contributed by atoms with Crippen LogP contribution in [0, 0.1) is 13.8 Å². The topological polar surface area (TPSA) is 68.3 Å². The molecule has 0 unspecified atom stereocenters. The molecule has 28 heavy (non-hydrogen) atoms. The number of ether oxygens (including phenoxy) is 2. The molecule has 2 N–H and O–H groups in total. The van der Waals surface area contributed by atoms with Gasteiger partial charge in [-0.1, -0.05) is 30.3 Å². The maximum atomic E-state index is 5.36. The first kappa shape index (κ1) is 19.5. The Hall–Kier alpha value is -3.28. The summed E-state index contributed by atoms with van der Waals surface area (Å²) < 4.78 is 10.6. The highest BCUT2D eigenvalue weighted by atomic mass is 16.5. The predicted molar refractivity (Wildman–Crippen MR) is 112 cm³/mol. The number of nitrogens with one attached hydrogen (secondary N) is 2. The molecule has 0 amide bonds. The van der Waals surface area contributed by atoms with Gasteiger partial charge in [0.15, 0.2) is 11.5 Å². The van der Waals surface area contributed by atoms with Crippen LogP contribution in [0.3, 0.4) is 0 Å². The fourth-order valence-electron chi connectivity index (χ4n) is 2.93. The van der Waals surface area contributed by atoms with Crippen LogP contribution in [0.2, 0.25) is 0 Å². The molecule has 3 aromatic rings. The Kier molecular flexibility index (Phi) is 6.32. The second-order valence-corrected chi connectivity index (χ2v) is 6.51. The van der Waals surface area contributed by atoms with Gasteiger partial charge in [0.05, 0.1) is 14.2 Å². The van der Waals surface area contributed by atoms with Gasteiger partial charge in [0.2, 0.25) is 0 Å². The van der Waals surface area contributed by atoms with Gasteiger partial charge in [0.1, 0.15) is 17.5 Å². The summed E-state index contributed by atoms with van der Waals surface area (Å²) in [6.07, 6.45) is 0. The van der Waals surface area contributed by atoms with Gasteiger partial charge >= 0.3 is 0 Å². The highest BCUT2D eigenvalue weighted by Crippen LogP contribution is 2.27. The van der Waals surface area contributed by atoms with Gasteiger partial charge in [-0.25, -0.2) is 9.97 Å². The Bertz CT molecular complexity index is 944. The van der Waals surface area contributed by atoms with Gasteiger partial charge < -0.3 is 20.1 Å². The van der Waals surface area contributed by atoms with Gasteiger partial charge in [-0.3, -0.25) is 0 Å². The maximum Gasteiger partial charge on any atom is 0.161 e. The van der Waals surface area contributed by atoms with Crippen LogP contribution in [0.4, 0.5) is 11.6 Å². The minimum atomic E-state index is 0.619. The number of rotatable bonds is 8. The van der Waals surface area contributed by atoms with Crippen LogP contribution in [0.25, 0.3) is 0 Å². The molecule has 0 saturated carbocycles. The Morgan fingerprint density at radius 2 is 1.46 bits per heavy atom. The maximum absolute atomic E-state index is 5.36. The molecular weight excluding hydrogens is 352 g/mol. The molecule has 0 aliphatic carbocycles. The molecular formula is C22H26N4O2. The van der Waals surface area contributed by atoms with E-state index in [1.807, 2.05) is 43.3 Å². The number of methoxy groups -OCH3 is 2. The van der Waals surface area contributed by atoms with Crippen molar-refractivity contribution in [2.45, 2.75) is 26.9 Å². The summed E-state index contributed by atoms with van der Waals surface area (Å²) in [6.45, 7) is 5.34. The van der Waals surface area contributed by atoms with Crippen LogP contribution >= 0.6 is 0 Å². The van der Waals surface area contributed by atoms with Crippen LogP contribution in [-0.4, -0.2) is 24.2 Å². The second-order valence-electron chi connectivity index (χ2n) is 6.51. The predicted octanol–water partition coefficient (Wildman–Crippen LogP) is 4.33. The lowest BCUT2D eigenvalue weighted by atomic mass is 10.1. The molecule has 1 heterocycles. The molecule has 0 fully saturated rings. The fourth-order valence-corrected chi connectivity index (χ4v) is 2.93. The molecule has 0 aliphatic heterocycles. The van der Waals surface area contributed by atoms with E-state index in [9.17, 15) is 0 Å². The third kappa shape index (κ3) is 4.91. The van der Waals surface area contributed by atoms with Gasteiger partial charge in [0, 0.05) is 19.2 Å². The van der Waals surface area contributed by atoms with Crippen LogP contribution in [0.5, 0.6) is 11.5 Å². The lowest BCUT2D eigenvalue weighted by Crippen LogP contribution is -2.08. The quantitative estimate of drug-likeness (QED) is 0.608. The van der Waals surface area contributed by atoms with E-state index < -0.39 is 0 Å². The van der Waals surface area contributed by atoms with Crippen molar-refractivity contribution in [2.24, 2.45) is 0 Å². The minimum Gasteiger partial charge on any atom is -0.493 e. The van der Waals surface area contributed by atoms with Gasteiger partial charge in [-0.2, -0.15) is 0 Å². The molecule has 0 radical (unpaired) electrons. The summed E-state index contributed by atoms with van der Waals surface area (Å²) in [5, 5.41) is 6.74. The van der Waals surface area contributed by atoms with E-state index in [-0.39, 0.29) is 0 Å². The molecule has 0 spiro atoms. The summed E-state index contributed by atoms with van der Waals surface area (Å²) >= 11 is 0. The summed E-state index contributed by atoms with van der Waals surface area (Å²) in [6, 6.07) is 16.1. The minimum absolute atomic E-state index is 0.619. The Labute approximate surface area is 166 Å². The first-order valence-electron chi connectivity index (χ1n) is 9.18. The zero-order valence-electron chi connectivity index (χ0n) is 16.7. The molecule has 1 aromatic heterocycles. The average Bonchev–Trinajstić information content (AvgIpc) is 2.71. The number of nitrogens with zero attached hydrogens (tertiary/aromatic N) is 2. The van der Waals surface area contributed by atoms with Crippen molar-refractivity contribution < 1.29 is 9.47 Å². The van der Waals surface area contributed by atoms with Crippen molar-refractivity contribution in [1.29, 1.82) is 0 Å². The smallest absolute Gasteiger partial charge is 0.161 e. The monoisotopic (exact) mass is 378 g/mol. The first-order valence-corrected chi connectivity index (χ1v) is 9.18. The third-order valence-corrected chi connectivity index (χ3v) is 4.48. The van der Waals surface area contributed by atoms with Crippen LogP contribution < -0.4 is 20.1 Å². The van der Waals surface area contributed by atoms with Crippen molar-refractivity contribution in [1.82, 2.24) is 9.97 Å². The molecule has 0 atom stereocenters. The number of hydrogen-bond donors (Lipinski definition) is 2. The van der Waals surface area contributed by atoms with Gasteiger partial charge in [-0.05, 0) is 42.7 Å². The van der Waals surface area contributed by atoms with Crippen LogP contribution in [-0.2, 0) is 13.1 Å². The van der Waals surface area contributed by atoms with Crippen LogP contribution in [0.15, 0.2) is 48.5 Å². The molecule has 6 heteroatoms. The fraction of sp³-hybridized carbons (Fsp3) is 0.273. The molecule has 0 saturated heterocycles. The van der Waals surface area contributed by atoms with Crippen LogP contribution in [0.1, 0.15) is 22.5 Å². The highest BCUT2D eigenvalue weighted by molar-refractivity contribution is 5.49.